The van der Waals surface area contributed by atoms with Crippen LogP contribution >= 0.6 is 27.3 Å². The number of aryl methyl sites for hydroxylation is 1. The van der Waals surface area contributed by atoms with Gasteiger partial charge in [0.2, 0.25) is 0 Å². The fourth-order valence-corrected chi connectivity index (χ4v) is 2.88. The van der Waals surface area contributed by atoms with E-state index in [0.717, 1.165) is 20.5 Å². The maximum absolute atomic E-state index is 12.0. The maximum atomic E-state index is 12.0. The van der Waals surface area contributed by atoms with Crippen LogP contribution in [0.1, 0.15) is 20.8 Å². The molecule has 1 aromatic heterocycles. The van der Waals surface area contributed by atoms with Crippen LogP contribution < -0.4 is 0 Å². The van der Waals surface area contributed by atoms with E-state index in [9.17, 15) is 4.79 Å². The number of hydrogen-bond acceptors (Lipinski definition) is 2. The number of halogens is 1. The minimum atomic E-state index is 0.173. The lowest BCUT2D eigenvalue weighted by molar-refractivity contribution is 0.0993. The van der Waals surface area contributed by atoms with Gasteiger partial charge >= 0.3 is 0 Å². The number of ketones is 1. The average molecular weight is 295 g/mol. The predicted molar refractivity (Wildman–Crippen MR) is 71.2 cm³/mol. The molecule has 2 rings (SSSR count). The molecule has 0 saturated heterocycles. The van der Waals surface area contributed by atoms with Gasteiger partial charge in [0.05, 0.1) is 0 Å². The summed E-state index contributed by atoms with van der Waals surface area (Å²) in [5, 5.41) is 1.99. The zero-order valence-electron chi connectivity index (χ0n) is 8.87. The van der Waals surface area contributed by atoms with Gasteiger partial charge in [-0.1, -0.05) is 22.0 Å². The Morgan fingerprint density at radius 3 is 2.81 bits per heavy atom. The van der Waals surface area contributed by atoms with Gasteiger partial charge < -0.3 is 0 Å². The number of carbonyl (C=O) groups excluding carboxylic acids is 1. The van der Waals surface area contributed by atoms with Crippen LogP contribution in [-0.4, -0.2) is 5.78 Å². The molecule has 0 aliphatic rings. The third-order valence-corrected chi connectivity index (χ3v) is 3.61. The van der Waals surface area contributed by atoms with Gasteiger partial charge in [-0.25, -0.2) is 0 Å². The first-order valence-electron chi connectivity index (χ1n) is 4.98. The summed E-state index contributed by atoms with van der Waals surface area (Å²) in [5.74, 6) is 0.173. The molecule has 0 aliphatic heterocycles. The Morgan fingerprint density at radius 1 is 1.38 bits per heavy atom. The van der Waals surface area contributed by atoms with E-state index in [2.05, 4.69) is 15.9 Å². The molecule has 0 saturated carbocycles. The van der Waals surface area contributed by atoms with Crippen LogP contribution in [0, 0.1) is 6.92 Å². The minimum absolute atomic E-state index is 0.173. The molecular weight excluding hydrogens is 284 g/mol. The number of hydrogen-bond donors (Lipinski definition) is 0. The molecule has 16 heavy (non-hydrogen) atoms. The number of thiophene rings is 1. The molecule has 0 fully saturated rings. The molecule has 1 heterocycles. The van der Waals surface area contributed by atoms with Crippen LogP contribution in [0.25, 0.3) is 0 Å². The minimum Gasteiger partial charge on any atom is -0.294 e. The first kappa shape index (κ1) is 11.6. The van der Waals surface area contributed by atoms with Crippen LogP contribution in [0.4, 0.5) is 0 Å². The van der Waals surface area contributed by atoms with E-state index >= 15 is 0 Å². The van der Waals surface area contributed by atoms with Gasteiger partial charge in [-0.05, 0) is 42.1 Å². The lowest BCUT2D eigenvalue weighted by atomic mass is 10.1. The number of benzene rings is 1. The summed E-state index contributed by atoms with van der Waals surface area (Å²) in [6.45, 7) is 1.99. The highest BCUT2D eigenvalue weighted by Gasteiger charge is 2.08. The first-order chi connectivity index (χ1) is 7.65. The molecule has 0 unspecified atom stereocenters. The number of Topliss-reactive ketones (excluding diaryl/α,β-unsaturated/α-hetero) is 1. The SMILES string of the molecule is Cc1cc(Br)cc(C(=O)Cc2cccs2)c1. The Kier molecular flexibility index (Phi) is 3.56. The number of carbonyl (C=O) groups is 1. The molecule has 0 radical (unpaired) electrons. The Bertz CT molecular complexity index is 482. The summed E-state index contributed by atoms with van der Waals surface area (Å²) in [6, 6.07) is 9.78. The quantitative estimate of drug-likeness (QED) is 0.774. The van der Waals surface area contributed by atoms with Crippen molar-refractivity contribution in [2.75, 3.05) is 0 Å². The molecule has 0 spiro atoms. The summed E-state index contributed by atoms with van der Waals surface area (Å²) in [4.78, 5) is 13.1. The first-order valence-corrected chi connectivity index (χ1v) is 6.65. The molecule has 3 heteroatoms. The summed E-state index contributed by atoms with van der Waals surface area (Å²) < 4.78 is 0.960. The fraction of sp³-hybridized carbons (Fsp3) is 0.154. The Morgan fingerprint density at radius 2 is 2.19 bits per heavy atom. The normalized spacial score (nSPS) is 10.4. The maximum Gasteiger partial charge on any atom is 0.168 e. The van der Waals surface area contributed by atoms with E-state index in [-0.39, 0.29) is 5.78 Å². The molecule has 82 valence electrons. The molecule has 1 nitrogen and oxygen atoms in total. The van der Waals surface area contributed by atoms with Gasteiger partial charge in [-0.15, -0.1) is 11.3 Å². The highest BCUT2D eigenvalue weighted by molar-refractivity contribution is 9.10. The monoisotopic (exact) mass is 294 g/mol. The summed E-state index contributed by atoms with van der Waals surface area (Å²) in [7, 11) is 0. The van der Waals surface area contributed by atoms with E-state index in [4.69, 9.17) is 0 Å². The fourth-order valence-electron chi connectivity index (χ4n) is 1.57. The van der Waals surface area contributed by atoms with E-state index in [0.29, 0.717) is 6.42 Å². The second-order valence-corrected chi connectivity index (χ2v) is 5.64. The van der Waals surface area contributed by atoms with Crippen molar-refractivity contribution >= 4 is 33.0 Å². The topological polar surface area (TPSA) is 17.1 Å². The predicted octanol–water partition coefficient (Wildman–Crippen LogP) is 4.24. The van der Waals surface area contributed by atoms with Crippen molar-refractivity contribution in [1.29, 1.82) is 0 Å². The van der Waals surface area contributed by atoms with Crippen LogP contribution in [0.3, 0.4) is 0 Å². The Balaban J connectivity index is 2.21. The molecule has 0 bridgehead atoms. The molecular formula is C13H11BrOS. The molecule has 0 N–H and O–H groups in total. The third kappa shape index (κ3) is 2.80. The van der Waals surface area contributed by atoms with Crippen molar-refractivity contribution in [2.24, 2.45) is 0 Å². The third-order valence-electron chi connectivity index (χ3n) is 2.28. The van der Waals surface area contributed by atoms with E-state index in [1.807, 2.05) is 42.6 Å². The van der Waals surface area contributed by atoms with E-state index < -0.39 is 0 Å². The van der Waals surface area contributed by atoms with Gasteiger partial charge in [0.25, 0.3) is 0 Å². The Hall–Kier alpha value is -0.930. The van der Waals surface area contributed by atoms with Crippen molar-refractivity contribution < 1.29 is 4.79 Å². The van der Waals surface area contributed by atoms with Crippen molar-refractivity contribution in [3.05, 3.63) is 56.2 Å². The molecule has 0 aliphatic carbocycles. The van der Waals surface area contributed by atoms with Gasteiger partial charge in [0, 0.05) is 21.3 Å². The van der Waals surface area contributed by atoms with Crippen molar-refractivity contribution in [3.63, 3.8) is 0 Å². The largest absolute Gasteiger partial charge is 0.294 e. The van der Waals surface area contributed by atoms with Crippen LogP contribution in [-0.2, 0) is 6.42 Å². The number of rotatable bonds is 3. The zero-order valence-corrected chi connectivity index (χ0v) is 11.3. The smallest absolute Gasteiger partial charge is 0.168 e. The van der Waals surface area contributed by atoms with E-state index in [1.165, 1.54) is 0 Å². The lowest BCUT2D eigenvalue weighted by Crippen LogP contribution is -2.02. The molecule has 1 aromatic carbocycles. The van der Waals surface area contributed by atoms with Gasteiger partial charge in [0.15, 0.2) is 5.78 Å². The Labute approximate surface area is 107 Å². The standard InChI is InChI=1S/C13H11BrOS/c1-9-5-10(7-11(14)6-9)13(15)8-12-3-2-4-16-12/h2-7H,8H2,1H3. The van der Waals surface area contributed by atoms with Gasteiger partial charge in [0.1, 0.15) is 0 Å². The van der Waals surface area contributed by atoms with Crippen molar-refractivity contribution in [3.8, 4) is 0 Å². The molecule has 2 aromatic rings. The van der Waals surface area contributed by atoms with Crippen LogP contribution in [0.2, 0.25) is 0 Å². The average Bonchev–Trinajstić information content (AvgIpc) is 2.68. The summed E-state index contributed by atoms with van der Waals surface area (Å²) in [6.07, 6.45) is 0.494. The van der Waals surface area contributed by atoms with Crippen molar-refractivity contribution in [1.82, 2.24) is 0 Å². The zero-order chi connectivity index (χ0) is 11.5. The van der Waals surface area contributed by atoms with Crippen molar-refractivity contribution in [2.45, 2.75) is 13.3 Å². The summed E-state index contributed by atoms with van der Waals surface area (Å²) >= 11 is 5.03. The molecule has 0 atom stereocenters. The van der Waals surface area contributed by atoms with Gasteiger partial charge in [-0.3, -0.25) is 4.79 Å². The summed E-state index contributed by atoms with van der Waals surface area (Å²) in [5.41, 5.74) is 1.88. The van der Waals surface area contributed by atoms with Crippen LogP contribution in [0.15, 0.2) is 40.2 Å². The van der Waals surface area contributed by atoms with Gasteiger partial charge in [-0.2, -0.15) is 0 Å². The van der Waals surface area contributed by atoms with E-state index in [1.54, 1.807) is 11.3 Å². The highest BCUT2D eigenvalue weighted by atomic mass is 79.9. The highest BCUT2D eigenvalue weighted by Crippen LogP contribution is 2.18. The van der Waals surface area contributed by atoms with Crippen LogP contribution in [0.5, 0.6) is 0 Å². The second-order valence-electron chi connectivity index (χ2n) is 3.70. The second kappa shape index (κ2) is 4.93. The molecule has 0 amide bonds. The lowest BCUT2D eigenvalue weighted by Gasteiger charge is -2.02.